The first-order valence-corrected chi connectivity index (χ1v) is 10.9. The first kappa shape index (κ1) is 18.0. The SMILES string of the molecule is COc1ccc([C@@H]2CN(C(=O)c3cnn4ccccc34)[C@@H]3C4CCN(CC4)[C@@H]32)cc1. The molecule has 4 aliphatic rings. The molecule has 4 aliphatic heterocycles. The molecule has 4 fully saturated rings. The Kier molecular flexibility index (Phi) is 4.09. The van der Waals surface area contributed by atoms with Crippen LogP contribution >= 0.6 is 0 Å². The third kappa shape index (κ3) is 2.59. The van der Waals surface area contributed by atoms with Gasteiger partial charge in [0.05, 0.1) is 30.4 Å². The summed E-state index contributed by atoms with van der Waals surface area (Å²) in [6.45, 7) is 3.06. The molecule has 0 radical (unpaired) electrons. The topological polar surface area (TPSA) is 50.1 Å². The van der Waals surface area contributed by atoms with Gasteiger partial charge in [0.15, 0.2) is 0 Å². The number of benzene rings is 1. The van der Waals surface area contributed by atoms with E-state index in [1.165, 1.54) is 18.4 Å². The van der Waals surface area contributed by atoms with Crippen molar-refractivity contribution in [2.45, 2.75) is 30.8 Å². The van der Waals surface area contributed by atoms with Crippen molar-refractivity contribution in [2.24, 2.45) is 5.92 Å². The number of ether oxygens (including phenoxy) is 1. The van der Waals surface area contributed by atoms with Gasteiger partial charge in [0.1, 0.15) is 5.75 Å². The average molecular weight is 402 g/mol. The van der Waals surface area contributed by atoms with Gasteiger partial charge in [0, 0.05) is 24.7 Å². The van der Waals surface area contributed by atoms with E-state index in [4.69, 9.17) is 4.74 Å². The maximum absolute atomic E-state index is 13.8. The number of carbonyl (C=O) groups is 1. The number of rotatable bonds is 3. The van der Waals surface area contributed by atoms with E-state index in [0.717, 1.165) is 30.9 Å². The minimum Gasteiger partial charge on any atom is -0.497 e. The van der Waals surface area contributed by atoms with Gasteiger partial charge >= 0.3 is 0 Å². The lowest BCUT2D eigenvalue weighted by atomic mass is 9.75. The molecule has 6 nitrogen and oxygen atoms in total. The van der Waals surface area contributed by atoms with Gasteiger partial charge in [-0.3, -0.25) is 9.69 Å². The fourth-order valence-electron chi connectivity index (χ4n) is 6.05. The molecule has 30 heavy (non-hydrogen) atoms. The smallest absolute Gasteiger partial charge is 0.258 e. The highest BCUT2D eigenvalue weighted by atomic mass is 16.5. The van der Waals surface area contributed by atoms with Crippen LogP contribution in [0, 0.1) is 5.92 Å². The predicted octanol–water partition coefficient (Wildman–Crippen LogP) is 3.05. The van der Waals surface area contributed by atoms with Crippen molar-refractivity contribution < 1.29 is 9.53 Å². The van der Waals surface area contributed by atoms with Crippen molar-refractivity contribution in [3.05, 3.63) is 66.0 Å². The molecular formula is C24H26N4O2. The molecule has 3 atom stereocenters. The zero-order valence-corrected chi connectivity index (χ0v) is 17.1. The number of nitrogens with zero attached hydrogens (tertiary/aromatic N) is 4. The Bertz CT molecular complexity index is 1080. The predicted molar refractivity (Wildman–Crippen MR) is 114 cm³/mol. The molecule has 2 bridgehead atoms. The van der Waals surface area contributed by atoms with E-state index in [0.29, 0.717) is 23.4 Å². The van der Waals surface area contributed by atoms with Gasteiger partial charge in [0.2, 0.25) is 0 Å². The Morgan fingerprint density at radius 3 is 2.63 bits per heavy atom. The molecule has 4 saturated heterocycles. The monoisotopic (exact) mass is 402 g/mol. The third-order valence-electron chi connectivity index (χ3n) is 7.46. The lowest BCUT2D eigenvalue weighted by molar-refractivity contribution is -0.00335. The average Bonchev–Trinajstić information content (AvgIpc) is 3.43. The van der Waals surface area contributed by atoms with E-state index in [9.17, 15) is 4.79 Å². The summed E-state index contributed by atoms with van der Waals surface area (Å²) in [4.78, 5) is 18.6. The molecule has 0 unspecified atom stereocenters. The fourth-order valence-corrected chi connectivity index (χ4v) is 6.05. The van der Waals surface area contributed by atoms with Crippen LogP contribution in [-0.4, -0.2) is 64.1 Å². The Hall–Kier alpha value is -2.86. The highest BCUT2D eigenvalue weighted by molar-refractivity contribution is 6.01. The zero-order chi connectivity index (χ0) is 20.2. The van der Waals surface area contributed by atoms with Crippen molar-refractivity contribution in [3.63, 3.8) is 0 Å². The van der Waals surface area contributed by atoms with Crippen molar-refractivity contribution in [2.75, 3.05) is 26.7 Å². The van der Waals surface area contributed by atoms with Crippen LogP contribution in [0.5, 0.6) is 5.75 Å². The number of piperidine rings is 3. The number of aromatic nitrogens is 2. The molecule has 7 rings (SSSR count). The Labute approximate surface area is 176 Å². The number of amides is 1. The quantitative estimate of drug-likeness (QED) is 0.676. The number of hydrogen-bond donors (Lipinski definition) is 0. The maximum atomic E-state index is 13.8. The molecule has 3 aromatic rings. The normalized spacial score (nSPS) is 29.9. The van der Waals surface area contributed by atoms with E-state index in [-0.39, 0.29) is 11.9 Å². The summed E-state index contributed by atoms with van der Waals surface area (Å²) in [6, 6.07) is 15.0. The van der Waals surface area contributed by atoms with Crippen LogP contribution in [0.15, 0.2) is 54.9 Å². The molecular weight excluding hydrogens is 376 g/mol. The van der Waals surface area contributed by atoms with Crippen molar-refractivity contribution in [1.82, 2.24) is 19.4 Å². The second-order valence-electron chi connectivity index (χ2n) is 8.78. The second kappa shape index (κ2) is 6.84. The zero-order valence-electron chi connectivity index (χ0n) is 17.1. The van der Waals surface area contributed by atoms with Crippen LogP contribution in [0.1, 0.15) is 34.7 Å². The summed E-state index contributed by atoms with van der Waals surface area (Å²) in [7, 11) is 1.70. The highest BCUT2D eigenvalue weighted by Crippen LogP contribution is 2.47. The van der Waals surface area contributed by atoms with E-state index in [2.05, 4.69) is 27.0 Å². The molecule has 6 heterocycles. The first-order valence-electron chi connectivity index (χ1n) is 10.9. The molecule has 0 spiro atoms. The minimum absolute atomic E-state index is 0.121. The molecule has 6 heteroatoms. The Morgan fingerprint density at radius 1 is 1.07 bits per heavy atom. The van der Waals surface area contributed by atoms with Crippen molar-refractivity contribution in [3.8, 4) is 5.75 Å². The van der Waals surface area contributed by atoms with Crippen molar-refractivity contribution in [1.29, 1.82) is 0 Å². The second-order valence-corrected chi connectivity index (χ2v) is 8.78. The number of fused-ring (bicyclic) bond motifs is 3. The van der Waals surface area contributed by atoms with Gasteiger partial charge < -0.3 is 9.64 Å². The Morgan fingerprint density at radius 2 is 1.87 bits per heavy atom. The molecule has 0 aliphatic carbocycles. The molecule has 0 N–H and O–H groups in total. The third-order valence-corrected chi connectivity index (χ3v) is 7.46. The molecule has 1 amide bonds. The fraction of sp³-hybridized carbons (Fsp3) is 0.417. The van der Waals surface area contributed by atoms with Gasteiger partial charge in [0.25, 0.3) is 5.91 Å². The van der Waals surface area contributed by atoms with E-state index >= 15 is 0 Å². The van der Waals surface area contributed by atoms with Crippen molar-refractivity contribution >= 4 is 11.4 Å². The molecule has 154 valence electrons. The highest BCUT2D eigenvalue weighted by Gasteiger charge is 2.54. The van der Waals surface area contributed by atoms with Crippen LogP contribution in [0.2, 0.25) is 0 Å². The minimum atomic E-state index is 0.121. The number of likely N-dealkylation sites (tertiary alicyclic amines) is 1. The lowest BCUT2D eigenvalue weighted by Gasteiger charge is -2.51. The van der Waals surface area contributed by atoms with Gasteiger partial charge in [-0.15, -0.1) is 0 Å². The largest absolute Gasteiger partial charge is 0.497 e. The number of pyridine rings is 1. The van der Waals surface area contributed by atoms with Crippen LogP contribution < -0.4 is 4.74 Å². The number of hydrogen-bond acceptors (Lipinski definition) is 4. The summed E-state index contributed by atoms with van der Waals surface area (Å²) < 4.78 is 7.14. The molecule has 2 aromatic heterocycles. The first-order chi connectivity index (χ1) is 14.7. The van der Waals surface area contributed by atoms with Crippen LogP contribution in [0.3, 0.4) is 0 Å². The van der Waals surface area contributed by atoms with Crippen LogP contribution in [0.25, 0.3) is 5.52 Å². The van der Waals surface area contributed by atoms with E-state index in [1.54, 1.807) is 17.8 Å². The van der Waals surface area contributed by atoms with E-state index in [1.807, 2.05) is 36.5 Å². The lowest BCUT2D eigenvalue weighted by Crippen LogP contribution is -2.60. The summed E-state index contributed by atoms with van der Waals surface area (Å²) in [6.07, 6.45) is 6.01. The number of methoxy groups -OCH3 is 1. The van der Waals surface area contributed by atoms with Crippen LogP contribution in [0.4, 0.5) is 0 Å². The Balaban J connectivity index is 1.39. The van der Waals surface area contributed by atoms with Crippen LogP contribution in [-0.2, 0) is 0 Å². The summed E-state index contributed by atoms with van der Waals surface area (Å²) in [5, 5.41) is 4.40. The summed E-state index contributed by atoms with van der Waals surface area (Å²) in [5.74, 6) is 1.91. The van der Waals surface area contributed by atoms with Gasteiger partial charge in [-0.2, -0.15) is 5.10 Å². The van der Waals surface area contributed by atoms with Gasteiger partial charge in [-0.05, 0) is 61.7 Å². The molecule has 0 saturated carbocycles. The number of carbonyl (C=O) groups excluding carboxylic acids is 1. The summed E-state index contributed by atoms with van der Waals surface area (Å²) in [5.41, 5.74) is 2.89. The summed E-state index contributed by atoms with van der Waals surface area (Å²) >= 11 is 0. The van der Waals surface area contributed by atoms with Gasteiger partial charge in [-0.25, -0.2) is 4.52 Å². The standard InChI is InChI=1S/C24H26N4O2/c1-30-18-7-5-16(6-8-18)20-15-27(22-17-9-12-26(13-10-17)23(20)22)24(29)19-14-25-28-11-3-2-4-21(19)28/h2-8,11,14,17,20,22-23H,9-10,12-13,15H2,1H3/t20-,22+,23+/m0/s1. The van der Waals surface area contributed by atoms with Gasteiger partial charge in [-0.1, -0.05) is 18.2 Å². The maximum Gasteiger partial charge on any atom is 0.258 e. The van der Waals surface area contributed by atoms with E-state index < -0.39 is 0 Å². The molecule has 1 aromatic carbocycles.